The first-order chi connectivity index (χ1) is 10.3. The highest BCUT2D eigenvalue weighted by Gasteiger charge is 2.07. The summed E-state index contributed by atoms with van der Waals surface area (Å²) >= 11 is 1.53. The van der Waals surface area contributed by atoms with Gasteiger partial charge in [0.1, 0.15) is 5.75 Å². The summed E-state index contributed by atoms with van der Waals surface area (Å²) in [5, 5.41) is 7.83. The van der Waals surface area contributed by atoms with Gasteiger partial charge in [-0.1, -0.05) is 0 Å². The van der Waals surface area contributed by atoms with E-state index in [1.165, 1.54) is 16.9 Å². The van der Waals surface area contributed by atoms with E-state index < -0.39 is 0 Å². The summed E-state index contributed by atoms with van der Waals surface area (Å²) in [6, 6.07) is 7.78. The Morgan fingerprint density at radius 1 is 1.38 bits per heavy atom. The van der Waals surface area contributed by atoms with Gasteiger partial charge in [-0.25, -0.2) is 0 Å². The van der Waals surface area contributed by atoms with Crippen LogP contribution in [0.4, 0.5) is 0 Å². The van der Waals surface area contributed by atoms with Crippen LogP contribution in [0.2, 0.25) is 0 Å². The fraction of sp³-hybridized carbons (Fsp3) is 0.188. The number of aromatic nitrogens is 1. The molecule has 0 saturated carbocycles. The molecule has 0 fully saturated rings. The number of thiophene rings is 1. The fourth-order valence-corrected chi connectivity index (χ4v) is 2.93. The third-order valence-electron chi connectivity index (χ3n) is 3.44. The molecule has 2 aromatic heterocycles. The number of hydrogen-bond donors (Lipinski definition) is 2. The van der Waals surface area contributed by atoms with E-state index in [9.17, 15) is 4.79 Å². The van der Waals surface area contributed by atoms with Crippen LogP contribution in [0.15, 0.2) is 41.2 Å². The van der Waals surface area contributed by atoms with Gasteiger partial charge in [-0.2, -0.15) is 11.3 Å². The molecular weight excluding hydrogens is 284 g/mol. The summed E-state index contributed by atoms with van der Waals surface area (Å²) in [6.45, 7) is 0.610. The van der Waals surface area contributed by atoms with Gasteiger partial charge < -0.3 is 15.0 Å². The maximum atomic E-state index is 11.9. The van der Waals surface area contributed by atoms with Gasteiger partial charge in [0.05, 0.1) is 7.11 Å². The van der Waals surface area contributed by atoms with Crippen LogP contribution in [-0.4, -0.2) is 24.5 Å². The zero-order chi connectivity index (χ0) is 14.7. The Labute approximate surface area is 126 Å². The molecule has 0 aliphatic carbocycles. The topological polar surface area (TPSA) is 54.1 Å². The Morgan fingerprint density at radius 2 is 2.29 bits per heavy atom. The van der Waals surface area contributed by atoms with Gasteiger partial charge in [-0.3, -0.25) is 4.79 Å². The molecule has 21 heavy (non-hydrogen) atoms. The third kappa shape index (κ3) is 2.92. The Hall–Kier alpha value is -2.27. The quantitative estimate of drug-likeness (QED) is 0.760. The van der Waals surface area contributed by atoms with Crippen molar-refractivity contribution in [2.45, 2.75) is 6.42 Å². The van der Waals surface area contributed by atoms with Crippen molar-refractivity contribution in [3.8, 4) is 5.75 Å². The van der Waals surface area contributed by atoms with Crippen molar-refractivity contribution in [3.63, 3.8) is 0 Å². The van der Waals surface area contributed by atoms with Crippen LogP contribution in [0, 0.1) is 0 Å². The first-order valence-corrected chi connectivity index (χ1v) is 7.66. The molecule has 1 amide bonds. The smallest absolute Gasteiger partial charge is 0.252 e. The second kappa shape index (κ2) is 6.01. The average molecular weight is 300 g/mol. The number of aromatic amines is 1. The first kappa shape index (κ1) is 13.7. The number of amides is 1. The van der Waals surface area contributed by atoms with Crippen LogP contribution >= 0.6 is 11.3 Å². The van der Waals surface area contributed by atoms with Crippen molar-refractivity contribution in [3.05, 3.63) is 52.3 Å². The standard InChI is InChI=1S/C16H16N2O2S/c1-20-13-2-3-15-14(8-13)11(9-18-15)4-6-17-16(19)12-5-7-21-10-12/h2-3,5,7-10,18H,4,6H2,1H3,(H,17,19). The zero-order valence-electron chi connectivity index (χ0n) is 11.7. The van der Waals surface area contributed by atoms with Gasteiger partial charge >= 0.3 is 0 Å². The van der Waals surface area contributed by atoms with E-state index in [4.69, 9.17) is 4.74 Å². The molecule has 0 radical (unpaired) electrons. The zero-order valence-corrected chi connectivity index (χ0v) is 12.5. The van der Waals surface area contributed by atoms with Gasteiger partial charge in [0.15, 0.2) is 0 Å². The minimum atomic E-state index is -0.0197. The lowest BCUT2D eigenvalue weighted by Crippen LogP contribution is -2.25. The van der Waals surface area contributed by atoms with Crippen molar-refractivity contribution in [1.82, 2.24) is 10.3 Å². The fourth-order valence-electron chi connectivity index (χ4n) is 2.30. The average Bonchev–Trinajstić information content (AvgIpc) is 3.16. The Kier molecular flexibility index (Phi) is 3.92. The molecule has 1 aromatic carbocycles. The van der Waals surface area contributed by atoms with E-state index in [0.717, 1.165) is 28.6 Å². The van der Waals surface area contributed by atoms with Crippen LogP contribution in [0.1, 0.15) is 15.9 Å². The molecule has 108 valence electrons. The summed E-state index contributed by atoms with van der Waals surface area (Å²) in [5.74, 6) is 0.819. The maximum absolute atomic E-state index is 11.9. The lowest BCUT2D eigenvalue weighted by atomic mass is 10.1. The van der Waals surface area contributed by atoms with E-state index in [-0.39, 0.29) is 5.91 Å². The predicted molar refractivity (Wildman–Crippen MR) is 85.2 cm³/mol. The molecule has 0 atom stereocenters. The van der Waals surface area contributed by atoms with Crippen molar-refractivity contribution in [2.75, 3.05) is 13.7 Å². The van der Waals surface area contributed by atoms with Crippen LogP contribution < -0.4 is 10.1 Å². The van der Waals surface area contributed by atoms with E-state index >= 15 is 0 Å². The van der Waals surface area contributed by atoms with Crippen molar-refractivity contribution in [1.29, 1.82) is 0 Å². The summed E-state index contributed by atoms with van der Waals surface area (Å²) in [6.07, 6.45) is 2.77. The third-order valence-corrected chi connectivity index (χ3v) is 4.12. The van der Waals surface area contributed by atoms with E-state index in [2.05, 4.69) is 10.3 Å². The SMILES string of the molecule is COc1ccc2[nH]cc(CCNC(=O)c3ccsc3)c2c1. The minimum absolute atomic E-state index is 0.0197. The summed E-state index contributed by atoms with van der Waals surface area (Å²) in [4.78, 5) is 15.1. The van der Waals surface area contributed by atoms with Gasteiger partial charge in [0.25, 0.3) is 5.91 Å². The summed E-state index contributed by atoms with van der Waals surface area (Å²) < 4.78 is 5.26. The second-order valence-electron chi connectivity index (χ2n) is 4.74. The first-order valence-electron chi connectivity index (χ1n) is 6.72. The monoisotopic (exact) mass is 300 g/mol. The van der Waals surface area contributed by atoms with Gasteiger partial charge in [0, 0.05) is 34.6 Å². The van der Waals surface area contributed by atoms with Crippen molar-refractivity contribution < 1.29 is 9.53 Å². The molecule has 5 heteroatoms. The van der Waals surface area contributed by atoms with E-state index in [1.807, 2.05) is 41.2 Å². The Bertz CT molecular complexity index is 747. The van der Waals surface area contributed by atoms with Crippen LogP contribution in [0.5, 0.6) is 5.75 Å². The number of carbonyl (C=O) groups excluding carboxylic acids is 1. The van der Waals surface area contributed by atoms with Gasteiger partial charge in [0.2, 0.25) is 0 Å². The van der Waals surface area contributed by atoms with Crippen molar-refractivity contribution >= 4 is 28.1 Å². The molecule has 2 heterocycles. The number of hydrogen-bond acceptors (Lipinski definition) is 3. The molecule has 0 saturated heterocycles. The van der Waals surface area contributed by atoms with Crippen LogP contribution in [0.3, 0.4) is 0 Å². The molecule has 0 aliphatic heterocycles. The number of benzene rings is 1. The number of rotatable bonds is 5. The molecule has 0 aliphatic rings. The van der Waals surface area contributed by atoms with Crippen LogP contribution in [0.25, 0.3) is 10.9 Å². The molecular formula is C16H16N2O2S. The van der Waals surface area contributed by atoms with Gasteiger partial charge in [-0.05, 0) is 41.6 Å². The lowest BCUT2D eigenvalue weighted by molar-refractivity contribution is 0.0954. The number of nitrogens with one attached hydrogen (secondary N) is 2. The Morgan fingerprint density at radius 3 is 3.05 bits per heavy atom. The molecule has 0 spiro atoms. The van der Waals surface area contributed by atoms with Crippen LogP contribution in [-0.2, 0) is 6.42 Å². The lowest BCUT2D eigenvalue weighted by Gasteiger charge is -2.04. The molecule has 3 aromatic rings. The number of ether oxygens (including phenoxy) is 1. The normalized spacial score (nSPS) is 10.7. The second-order valence-corrected chi connectivity index (χ2v) is 5.52. The Balaban J connectivity index is 1.66. The number of carbonyl (C=O) groups is 1. The number of fused-ring (bicyclic) bond motifs is 1. The molecule has 3 rings (SSSR count). The molecule has 0 bridgehead atoms. The number of methoxy groups -OCH3 is 1. The predicted octanol–water partition coefficient (Wildman–Crippen LogP) is 3.21. The largest absolute Gasteiger partial charge is 0.497 e. The highest BCUT2D eigenvalue weighted by Crippen LogP contribution is 2.23. The highest BCUT2D eigenvalue weighted by atomic mass is 32.1. The summed E-state index contributed by atoms with van der Waals surface area (Å²) in [5.41, 5.74) is 2.98. The van der Waals surface area contributed by atoms with Gasteiger partial charge in [-0.15, -0.1) is 0 Å². The highest BCUT2D eigenvalue weighted by molar-refractivity contribution is 7.08. The van der Waals surface area contributed by atoms with E-state index in [1.54, 1.807) is 7.11 Å². The minimum Gasteiger partial charge on any atom is -0.497 e. The van der Waals surface area contributed by atoms with Crippen molar-refractivity contribution in [2.24, 2.45) is 0 Å². The maximum Gasteiger partial charge on any atom is 0.252 e. The number of H-pyrrole nitrogens is 1. The molecule has 4 nitrogen and oxygen atoms in total. The molecule has 2 N–H and O–H groups in total. The summed E-state index contributed by atoms with van der Waals surface area (Å²) in [7, 11) is 1.66. The van der Waals surface area contributed by atoms with E-state index in [0.29, 0.717) is 6.54 Å². The molecule has 0 unspecified atom stereocenters.